The van der Waals surface area contributed by atoms with Crippen molar-refractivity contribution in [3.63, 3.8) is 0 Å². The minimum absolute atomic E-state index is 0.110. The van der Waals surface area contributed by atoms with E-state index in [1.54, 1.807) is 16.4 Å². The molecular formula is C20H25N7O3. The highest BCUT2D eigenvalue weighted by Crippen LogP contribution is 2.18. The lowest BCUT2D eigenvalue weighted by molar-refractivity contribution is -0.129. The summed E-state index contributed by atoms with van der Waals surface area (Å²) in [6.45, 7) is 1.24. The molecule has 158 valence electrons. The van der Waals surface area contributed by atoms with Crippen LogP contribution in [0.1, 0.15) is 31.2 Å². The minimum atomic E-state index is -0.398. The highest BCUT2D eigenvalue weighted by molar-refractivity contribution is 5.84. The first-order chi connectivity index (χ1) is 14.7. The van der Waals surface area contributed by atoms with Crippen molar-refractivity contribution in [2.24, 2.45) is 0 Å². The van der Waals surface area contributed by atoms with E-state index >= 15 is 0 Å². The fourth-order valence-electron chi connectivity index (χ4n) is 2.99. The topological polar surface area (TPSA) is 134 Å². The van der Waals surface area contributed by atoms with E-state index in [4.69, 9.17) is 5.21 Å². The normalized spacial score (nSPS) is 10.7. The third-order valence-corrected chi connectivity index (χ3v) is 4.55. The van der Waals surface area contributed by atoms with Gasteiger partial charge in [0.2, 0.25) is 11.8 Å². The first-order valence-electron chi connectivity index (χ1n) is 9.80. The summed E-state index contributed by atoms with van der Waals surface area (Å²) in [7, 11) is 0. The smallest absolute Gasteiger partial charge is 0.243 e. The lowest BCUT2D eigenvalue weighted by Gasteiger charge is -2.08. The molecule has 0 aliphatic rings. The number of anilines is 1. The van der Waals surface area contributed by atoms with Crippen LogP contribution in [0.15, 0.2) is 43.0 Å². The summed E-state index contributed by atoms with van der Waals surface area (Å²) in [6.07, 6.45) is 5.50. The van der Waals surface area contributed by atoms with Crippen molar-refractivity contribution in [2.45, 2.75) is 38.8 Å². The molecule has 2 amide bonds. The predicted molar refractivity (Wildman–Crippen MR) is 110 cm³/mol. The van der Waals surface area contributed by atoms with Crippen LogP contribution in [0.2, 0.25) is 0 Å². The number of carbonyl (C=O) groups excluding carboxylic acids is 2. The van der Waals surface area contributed by atoms with Crippen LogP contribution in [0.5, 0.6) is 0 Å². The van der Waals surface area contributed by atoms with E-state index in [0.29, 0.717) is 36.5 Å². The Kier molecular flexibility index (Phi) is 7.67. The molecule has 3 rings (SSSR count). The molecule has 0 aliphatic heterocycles. The summed E-state index contributed by atoms with van der Waals surface area (Å²) < 4.78 is 1.69. The molecule has 0 bridgehead atoms. The zero-order valence-electron chi connectivity index (χ0n) is 16.5. The van der Waals surface area contributed by atoms with Gasteiger partial charge >= 0.3 is 0 Å². The van der Waals surface area contributed by atoms with Gasteiger partial charge in [-0.05, 0) is 18.4 Å². The van der Waals surface area contributed by atoms with Gasteiger partial charge in [-0.2, -0.15) is 0 Å². The minimum Gasteiger partial charge on any atom is -0.364 e. The fraction of sp³-hybridized carbons (Fsp3) is 0.350. The number of aromatic nitrogens is 4. The molecule has 30 heavy (non-hydrogen) atoms. The molecule has 10 nitrogen and oxygen atoms in total. The lowest BCUT2D eigenvalue weighted by atomic mass is 10.2. The van der Waals surface area contributed by atoms with Gasteiger partial charge in [-0.1, -0.05) is 36.8 Å². The summed E-state index contributed by atoms with van der Waals surface area (Å²) in [5.74, 6) is 0.0837. The number of imidazole rings is 1. The maximum absolute atomic E-state index is 12.2. The second-order valence-corrected chi connectivity index (χ2v) is 6.80. The number of hydrogen-bond acceptors (Lipinski definition) is 7. The molecule has 0 spiro atoms. The van der Waals surface area contributed by atoms with Gasteiger partial charge < -0.3 is 15.2 Å². The SMILES string of the molecule is O=C(CCCCCNC(=O)Cn1cnc2c(NCc3ccccc3)ncnc21)NO. The number of nitrogens with zero attached hydrogens (tertiary/aromatic N) is 4. The third-order valence-electron chi connectivity index (χ3n) is 4.55. The molecule has 1 aromatic carbocycles. The van der Waals surface area contributed by atoms with Crippen molar-refractivity contribution in [1.29, 1.82) is 0 Å². The third kappa shape index (κ3) is 5.98. The summed E-state index contributed by atoms with van der Waals surface area (Å²) in [5, 5.41) is 14.5. The molecule has 3 aromatic rings. The summed E-state index contributed by atoms with van der Waals surface area (Å²) in [6, 6.07) is 9.97. The largest absolute Gasteiger partial charge is 0.364 e. The number of fused-ring (bicyclic) bond motifs is 1. The van der Waals surface area contributed by atoms with Crippen LogP contribution in [0.3, 0.4) is 0 Å². The Labute approximate surface area is 173 Å². The van der Waals surface area contributed by atoms with E-state index in [1.807, 2.05) is 30.3 Å². The molecule has 10 heteroatoms. The first-order valence-corrected chi connectivity index (χ1v) is 9.80. The molecule has 0 fully saturated rings. The highest BCUT2D eigenvalue weighted by atomic mass is 16.5. The van der Waals surface area contributed by atoms with Crippen LogP contribution in [-0.2, 0) is 22.7 Å². The number of nitrogens with one attached hydrogen (secondary N) is 3. The molecule has 2 aromatic heterocycles. The number of rotatable bonds is 11. The van der Waals surface area contributed by atoms with Gasteiger partial charge in [-0.15, -0.1) is 0 Å². The lowest BCUT2D eigenvalue weighted by Crippen LogP contribution is -2.28. The van der Waals surface area contributed by atoms with Crippen LogP contribution in [0.25, 0.3) is 11.2 Å². The number of carbonyl (C=O) groups is 2. The predicted octanol–water partition coefficient (Wildman–Crippen LogP) is 1.62. The van der Waals surface area contributed by atoms with Crippen molar-refractivity contribution in [3.8, 4) is 0 Å². The first kappa shape index (κ1) is 21.2. The summed E-state index contributed by atoms with van der Waals surface area (Å²) in [5.41, 5.74) is 3.93. The summed E-state index contributed by atoms with van der Waals surface area (Å²) in [4.78, 5) is 36.0. The van der Waals surface area contributed by atoms with Crippen LogP contribution >= 0.6 is 0 Å². The molecule has 0 saturated carbocycles. The Balaban J connectivity index is 1.49. The van der Waals surface area contributed by atoms with Crippen LogP contribution < -0.4 is 16.1 Å². The number of unbranched alkanes of at least 4 members (excludes halogenated alkanes) is 2. The number of hydrogen-bond donors (Lipinski definition) is 4. The molecule has 0 radical (unpaired) electrons. The highest BCUT2D eigenvalue weighted by Gasteiger charge is 2.12. The van der Waals surface area contributed by atoms with E-state index in [2.05, 4.69) is 25.6 Å². The van der Waals surface area contributed by atoms with E-state index in [0.717, 1.165) is 18.4 Å². The van der Waals surface area contributed by atoms with E-state index in [1.165, 1.54) is 6.33 Å². The van der Waals surface area contributed by atoms with Crippen LogP contribution in [0.4, 0.5) is 5.82 Å². The molecule has 0 saturated heterocycles. The molecule has 2 heterocycles. The van der Waals surface area contributed by atoms with Crippen molar-refractivity contribution in [2.75, 3.05) is 11.9 Å². The van der Waals surface area contributed by atoms with Gasteiger partial charge in [0.25, 0.3) is 0 Å². The summed E-state index contributed by atoms with van der Waals surface area (Å²) >= 11 is 0. The Morgan fingerprint density at radius 1 is 1.00 bits per heavy atom. The number of hydroxylamine groups is 1. The fourth-order valence-corrected chi connectivity index (χ4v) is 2.99. The average molecular weight is 411 g/mol. The Hall–Kier alpha value is -3.53. The van der Waals surface area contributed by atoms with Gasteiger partial charge in [0.15, 0.2) is 11.5 Å². The molecule has 4 N–H and O–H groups in total. The molecule has 0 aliphatic carbocycles. The second kappa shape index (κ2) is 10.9. The van der Waals surface area contributed by atoms with Crippen molar-refractivity contribution in [3.05, 3.63) is 48.5 Å². The van der Waals surface area contributed by atoms with Crippen LogP contribution in [0, 0.1) is 0 Å². The van der Waals surface area contributed by atoms with Gasteiger partial charge in [0, 0.05) is 19.5 Å². The van der Waals surface area contributed by atoms with Crippen molar-refractivity contribution >= 4 is 28.8 Å². The number of benzene rings is 1. The maximum atomic E-state index is 12.2. The monoisotopic (exact) mass is 411 g/mol. The molecule has 0 atom stereocenters. The zero-order chi connectivity index (χ0) is 21.2. The van der Waals surface area contributed by atoms with Gasteiger partial charge in [0.05, 0.1) is 6.33 Å². The van der Waals surface area contributed by atoms with Gasteiger partial charge in [0.1, 0.15) is 18.4 Å². The number of amides is 2. The standard InChI is InChI=1S/C20H25N7O3/c28-16(26-30)9-5-2-6-10-21-17(29)12-27-14-25-18-19(23-13-24-20(18)27)22-11-15-7-3-1-4-8-15/h1,3-4,7-8,13-14,30H,2,5-6,9-12H2,(H,21,29)(H,26,28)(H,22,23,24). The van der Waals surface area contributed by atoms with E-state index < -0.39 is 5.91 Å². The van der Waals surface area contributed by atoms with Crippen molar-refractivity contribution < 1.29 is 14.8 Å². The Morgan fingerprint density at radius 3 is 2.63 bits per heavy atom. The van der Waals surface area contributed by atoms with Gasteiger partial charge in [-0.25, -0.2) is 20.4 Å². The second-order valence-electron chi connectivity index (χ2n) is 6.80. The maximum Gasteiger partial charge on any atom is 0.243 e. The van der Waals surface area contributed by atoms with Crippen molar-refractivity contribution in [1.82, 2.24) is 30.3 Å². The zero-order valence-corrected chi connectivity index (χ0v) is 16.5. The van der Waals surface area contributed by atoms with E-state index in [9.17, 15) is 9.59 Å². The van der Waals surface area contributed by atoms with Gasteiger partial charge in [-0.3, -0.25) is 14.8 Å². The van der Waals surface area contributed by atoms with E-state index in [-0.39, 0.29) is 18.9 Å². The van der Waals surface area contributed by atoms with Crippen LogP contribution in [-0.4, -0.2) is 43.1 Å². The Bertz CT molecular complexity index is 975. The average Bonchev–Trinajstić information content (AvgIpc) is 3.18. The quantitative estimate of drug-likeness (QED) is 0.214. The molecule has 0 unspecified atom stereocenters. The Morgan fingerprint density at radius 2 is 1.83 bits per heavy atom. The molecular weight excluding hydrogens is 386 g/mol.